The maximum absolute atomic E-state index is 10.9. The molecule has 1 fully saturated rings. The number of ether oxygens (including phenoxy) is 1. The van der Waals surface area contributed by atoms with Crippen LogP contribution in [0, 0.1) is 10.1 Å². The normalized spacial score (nSPS) is 23.9. The highest BCUT2D eigenvalue weighted by atomic mass is 16.6. The van der Waals surface area contributed by atoms with Gasteiger partial charge in [0.15, 0.2) is 0 Å². The first-order valence-electron chi connectivity index (χ1n) is 6.13. The summed E-state index contributed by atoms with van der Waals surface area (Å²) in [5, 5.41) is 14.1. The minimum atomic E-state index is -0.507. The van der Waals surface area contributed by atoms with Crippen LogP contribution in [0.2, 0.25) is 0 Å². The van der Waals surface area contributed by atoms with Gasteiger partial charge in [0.05, 0.1) is 0 Å². The fourth-order valence-electron chi connectivity index (χ4n) is 2.38. The first kappa shape index (κ1) is 12.8. The Balaban J connectivity index is 2.17. The molecule has 2 unspecified atom stereocenters. The van der Waals surface area contributed by atoms with E-state index in [2.05, 4.69) is 10.3 Å². The number of hydrogen-bond acceptors (Lipinski definition) is 5. The second-order valence-corrected chi connectivity index (χ2v) is 4.58. The number of nitrogens with zero attached hydrogens (tertiary/aromatic N) is 3. The fraction of sp³-hybridized carbons (Fsp3) is 0.727. The molecule has 0 aliphatic heterocycles. The molecule has 0 saturated heterocycles. The minimum Gasteiger partial charge on any atom is -0.468 e. The van der Waals surface area contributed by atoms with Crippen molar-refractivity contribution in [2.45, 2.75) is 37.8 Å². The van der Waals surface area contributed by atoms with Gasteiger partial charge in [0.25, 0.3) is 5.88 Å². The molecule has 0 aromatic carbocycles. The maximum Gasteiger partial charge on any atom is 0.426 e. The smallest absolute Gasteiger partial charge is 0.426 e. The van der Waals surface area contributed by atoms with Crippen LogP contribution in [0.3, 0.4) is 0 Å². The van der Waals surface area contributed by atoms with Crippen molar-refractivity contribution >= 4 is 5.82 Å². The molecule has 7 heteroatoms. The third kappa shape index (κ3) is 2.45. The summed E-state index contributed by atoms with van der Waals surface area (Å²) < 4.78 is 7.37. The average Bonchev–Trinajstić information content (AvgIpc) is 2.72. The minimum absolute atomic E-state index is 0.0298. The van der Waals surface area contributed by atoms with Gasteiger partial charge in [-0.1, -0.05) is 6.42 Å². The zero-order valence-electron chi connectivity index (χ0n) is 10.6. The lowest BCUT2D eigenvalue weighted by Crippen LogP contribution is -2.43. The van der Waals surface area contributed by atoms with E-state index in [4.69, 9.17) is 4.74 Å². The lowest BCUT2D eigenvalue weighted by atomic mass is 9.92. The number of aryl methyl sites for hydroxylation is 1. The Hall–Kier alpha value is -1.63. The number of nitro groups is 1. The van der Waals surface area contributed by atoms with Crippen LogP contribution in [0.5, 0.6) is 5.88 Å². The van der Waals surface area contributed by atoms with Gasteiger partial charge in [-0.05, 0) is 36.2 Å². The van der Waals surface area contributed by atoms with Crippen molar-refractivity contribution in [3.8, 4) is 5.88 Å². The van der Waals surface area contributed by atoms with Gasteiger partial charge < -0.3 is 20.2 Å². The van der Waals surface area contributed by atoms with Gasteiger partial charge in [-0.25, -0.2) is 0 Å². The second kappa shape index (κ2) is 5.34. The number of rotatable bonds is 4. The van der Waals surface area contributed by atoms with Crippen molar-refractivity contribution in [3.05, 3.63) is 16.4 Å². The molecule has 18 heavy (non-hydrogen) atoms. The molecule has 1 aromatic heterocycles. The number of nitrogens with one attached hydrogen (secondary N) is 1. The lowest BCUT2D eigenvalue weighted by molar-refractivity contribution is -0.390. The Morgan fingerprint density at radius 3 is 2.94 bits per heavy atom. The standard InChI is InChI=1S/C11H18N4O3/c1-12-8-5-3-4-6-9(8)18-11-10(15(16)17)13-7-14(11)2/h7-9,12H,3-6H2,1-2H3. The highest BCUT2D eigenvalue weighted by molar-refractivity contribution is 5.33. The lowest BCUT2D eigenvalue weighted by Gasteiger charge is -2.31. The molecule has 0 radical (unpaired) electrons. The van der Waals surface area contributed by atoms with Crippen LogP contribution in [0.1, 0.15) is 25.7 Å². The van der Waals surface area contributed by atoms with Gasteiger partial charge in [-0.15, -0.1) is 0 Å². The van der Waals surface area contributed by atoms with E-state index >= 15 is 0 Å². The topological polar surface area (TPSA) is 82.2 Å². The number of aromatic nitrogens is 2. The van der Waals surface area contributed by atoms with Gasteiger partial charge in [0.2, 0.25) is 6.33 Å². The fourth-order valence-corrected chi connectivity index (χ4v) is 2.38. The van der Waals surface area contributed by atoms with Gasteiger partial charge in [0, 0.05) is 13.1 Å². The largest absolute Gasteiger partial charge is 0.468 e. The summed E-state index contributed by atoms with van der Waals surface area (Å²) in [7, 11) is 3.59. The van der Waals surface area contributed by atoms with Crippen LogP contribution in [-0.2, 0) is 7.05 Å². The predicted molar refractivity (Wildman–Crippen MR) is 65.6 cm³/mol. The summed E-state index contributed by atoms with van der Waals surface area (Å²) in [6.45, 7) is 0. The summed E-state index contributed by atoms with van der Waals surface area (Å²) in [5.41, 5.74) is 0. The van der Waals surface area contributed by atoms with Crippen molar-refractivity contribution < 1.29 is 9.66 Å². The molecule has 0 amide bonds. The Kier molecular flexibility index (Phi) is 3.81. The van der Waals surface area contributed by atoms with E-state index in [0.717, 1.165) is 19.3 Å². The summed E-state index contributed by atoms with van der Waals surface area (Å²) >= 11 is 0. The van der Waals surface area contributed by atoms with Crippen LogP contribution < -0.4 is 10.1 Å². The van der Waals surface area contributed by atoms with Crippen molar-refractivity contribution in [1.29, 1.82) is 0 Å². The van der Waals surface area contributed by atoms with E-state index in [1.54, 1.807) is 11.6 Å². The Labute approximate surface area is 105 Å². The van der Waals surface area contributed by atoms with Crippen LogP contribution in [0.4, 0.5) is 5.82 Å². The highest BCUT2D eigenvalue weighted by Gasteiger charge is 2.30. The average molecular weight is 254 g/mol. The summed E-state index contributed by atoms with van der Waals surface area (Å²) in [6.07, 6.45) is 5.58. The zero-order chi connectivity index (χ0) is 13.1. The van der Waals surface area contributed by atoms with Crippen molar-refractivity contribution in [3.63, 3.8) is 0 Å². The van der Waals surface area contributed by atoms with Gasteiger partial charge in [-0.3, -0.25) is 4.57 Å². The van der Waals surface area contributed by atoms with E-state index in [9.17, 15) is 10.1 Å². The molecule has 0 spiro atoms. The van der Waals surface area contributed by atoms with Crippen LogP contribution in [0.15, 0.2) is 6.33 Å². The Morgan fingerprint density at radius 2 is 2.28 bits per heavy atom. The first-order valence-corrected chi connectivity index (χ1v) is 6.13. The highest BCUT2D eigenvalue weighted by Crippen LogP contribution is 2.29. The molecule has 1 N–H and O–H groups in total. The molecule has 1 aromatic rings. The van der Waals surface area contributed by atoms with E-state index in [1.165, 1.54) is 12.7 Å². The van der Waals surface area contributed by atoms with Crippen molar-refractivity contribution in [2.24, 2.45) is 7.05 Å². The monoisotopic (exact) mass is 254 g/mol. The quantitative estimate of drug-likeness (QED) is 0.645. The molecule has 7 nitrogen and oxygen atoms in total. The zero-order valence-corrected chi connectivity index (χ0v) is 10.6. The first-order chi connectivity index (χ1) is 8.63. The molecule has 100 valence electrons. The molecular formula is C11H18N4O3. The molecule has 1 aliphatic carbocycles. The third-order valence-electron chi connectivity index (χ3n) is 3.37. The van der Waals surface area contributed by atoms with E-state index < -0.39 is 4.92 Å². The Morgan fingerprint density at radius 1 is 1.56 bits per heavy atom. The van der Waals surface area contributed by atoms with Gasteiger partial charge >= 0.3 is 5.82 Å². The molecule has 1 heterocycles. The molecule has 1 aliphatic rings. The van der Waals surface area contributed by atoms with Crippen molar-refractivity contribution in [2.75, 3.05) is 7.05 Å². The second-order valence-electron chi connectivity index (χ2n) is 4.58. The van der Waals surface area contributed by atoms with E-state index in [0.29, 0.717) is 0 Å². The number of likely N-dealkylation sites (N-methyl/N-ethyl adjacent to an activating group) is 1. The summed E-state index contributed by atoms with van der Waals surface area (Å²) in [6, 6.07) is 0.244. The predicted octanol–water partition coefficient (Wildman–Crippen LogP) is 1.24. The summed E-state index contributed by atoms with van der Waals surface area (Å²) in [4.78, 5) is 14.1. The van der Waals surface area contributed by atoms with Crippen LogP contribution in [-0.4, -0.2) is 33.7 Å². The third-order valence-corrected chi connectivity index (χ3v) is 3.37. The number of imidazole rings is 1. The maximum atomic E-state index is 10.9. The molecule has 1 saturated carbocycles. The molecule has 0 bridgehead atoms. The summed E-state index contributed by atoms with van der Waals surface area (Å²) in [5.74, 6) is 0.0325. The van der Waals surface area contributed by atoms with Gasteiger partial charge in [-0.2, -0.15) is 0 Å². The number of hydrogen-bond donors (Lipinski definition) is 1. The van der Waals surface area contributed by atoms with Crippen molar-refractivity contribution in [1.82, 2.24) is 14.9 Å². The molecule has 2 rings (SSSR count). The van der Waals surface area contributed by atoms with E-state index in [-0.39, 0.29) is 23.8 Å². The van der Waals surface area contributed by atoms with Gasteiger partial charge in [0.1, 0.15) is 6.10 Å². The molecular weight excluding hydrogens is 236 g/mol. The Bertz CT molecular complexity index is 432. The van der Waals surface area contributed by atoms with Crippen LogP contribution in [0.25, 0.3) is 0 Å². The van der Waals surface area contributed by atoms with E-state index in [1.807, 2.05) is 7.05 Å². The van der Waals surface area contributed by atoms with Crippen LogP contribution >= 0.6 is 0 Å². The molecule has 2 atom stereocenters. The SMILES string of the molecule is CNC1CCCCC1Oc1c([N+](=O)[O-])ncn1C.